The van der Waals surface area contributed by atoms with Crippen molar-refractivity contribution in [2.45, 2.75) is 13.3 Å². The standard InChI is InChI=1S/C9H13NO2/c1-4-8-7(9(11)12-3)5-6-10(8)2/h5-6H,4H2,1-3H3. The lowest BCUT2D eigenvalue weighted by molar-refractivity contribution is 0.0599. The van der Waals surface area contributed by atoms with Gasteiger partial charge in [-0.3, -0.25) is 0 Å². The Balaban J connectivity index is 3.07. The van der Waals surface area contributed by atoms with E-state index in [4.69, 9.17) is 0 Å². The van der Waals surface area contributed by atoms with Crippen LogP contribution in [0.4, 0.5) is 0 Å². The van der Waals surface area contributed by atoms with Crippen LogP contribution in [0.25, 0.3) is 0 Å². The van der Waals surface area contributed by atoms with E-state index in [1.807, 2.05) is 24.7 Å². The molecule has 0 aliphatic rings. The molecule has 0 spiro atoms. The third-order valence-corrected chi connectivity index (χ3v) is 1.94. The van der Waals surface area contributed by atoms with Gasteiger partial charge in [0, 0.05) is 18.9 Å². The van der Waals surface area contributed by atoms with Crippen molar-refractivity contribution < 1.29 is 9.53 Å². The number of carbonyl (C=O) groups is 1. The highest BCUT2D eigenvalue weighted by Crippen LogP contribution is 2.11. The number of ether oxygens (including phenoxy) is 1. The first-order chi connectivity index (χ1) is 5.70. The second kappa shape index (κ2) is 3.43. The smallest absolute Gasteiger partial charge is 0.339 e. The summed E-state index contributed by atoms with van der Waals surface area (Å²) >= 11 is 0. The van der Waals surface area contributed by atoms with Gasteiger partial charge < -0.3 is 9.30 Å². The first kappa shape index (κ1) is 8.84. The van der Waals surface area contributed by atoms with Crippen molar-refractivity contribution in [2.24, 2.45) is 7.05 Å². The molecule has 0 saturated carbocycles. The van der Waals surface area contributed by atoms with Gasteiger partial charge in [0.2, 0.25) is 0 Å². The number of methoxy groups -OCH3 is 1. The fourth-order valence-corrected chi connectivity index (χ4v) is 1.30. The second-order valence-electron chi connectivity index (χ2n) is 2.63. The van der Waals surface area contributed by atoms with Gasteiger partial charge in [0.25, 0.3) is 0 Å². The zero-order valence-corrected chi connectivity index (χ0v) is 7.63. The van der Waals surface area contributed by atoms with Gasteiger partial charge >= 0.3 is 5.97 Å². The summed E-state index contributed by atoms with van der Waals surface area (Å²) in [4.78, 5) is 11.2. The summed E-state index contributed by atoms with van der Waals surface area (Å²) in [6.45, 7) is 2.02. The Morgan fingerprint density at radius 1 is 1.67 bits per heavy atom. The van der Waals surface area contributed by atoms with E-state index in [0.717, 1.165) is 12.1 Å². The molecule has 12 heavy (non-hydrogen) atoms. The van der Waals surface area contributed by atoms with Crippen molar-refractivity contribution in [3.8, 4) is 0 Å². The van der Waals surface area contributed by atoms with E-state index in [1.54, 1.807) is 6.07 Å². The van der Waals surface area contributed by atoms with Crippen LogP contribution in [0.15, 0.2) is 12.3 Å². The third-order valence-electron chi connectivity index (χ3n) is 1.94. The van der Waals surface area contributed by atoms with Crippen LogP contribution >= 0.6 is 0 Å². The van der Waals surface area contributed by atoms with Crippen molar-refractivity contribution in [3.63, 3.8) is 0 Å². The summed E-state index contributed by atoms with van der Waals surface area (Å²) in [5.41, 5.74) is 1.68. The van der Waals surface area contributed by atoms with E-state index >= 15 is 0 Å². The van der Waals surface area contributed by atoms with Crippen LogP contribution in [0.5, 0.6) is 0 Å². The molecule has 1 heterocycles. The molecule has 1 rings (SSSR count). The molecule has 0 N–H and O–H groups in total. The maximum Gasteiger partial charge on any atom is 0.339 e. The molecule has 3 nitrogen and oxygen atoms in total. The predicted molar refractivity (Wildman–Crippen MR) is 46.1 cm³/mol. The van der Waals surface area contributed by atoms with Crippen molar-refractivity contribution in [1.29, 1.82) is 0 Å². The van der Waals surface area contributed by atoms with Crippen LogP contribution < -0.4 is 0 Å². The Morgan fingerprint density at radius 3 is 2.83 bits per heavy atom. The number of aromatic nitrogens is 1. The van der Waals surface area contributed by atoms with Crippen molar-refractivity contribution in [1.82, 2.24) is 4.57 Å². The van der Waals surface area contributed by atoms with Gasteiger partial charge in [-0.1, -0.05) is 6.92 Å². The van der Waals surface area contributed by atoms with Gasteiger partial charge in [-0.25, -0.2) is 4.79 Å². The second-order valence-corrected chi connectivity index (χ2v) is 2.63. The zero-order chi connectivity index (χ0) is 9.14. The topological polar surface area (TPSA) is 31.2 Å². The summed E-state index contributed by atoms with van der Waals surface area (Å²) in [5, 5.41) is 0. The Hall–Kier alpha value is -1.25. The largest absolute Gasteiger partial charge is 0.465 e. The summed E-state index contributed by atoms with van der Waals surface area (Å²) in [7, 11) is 3.32. The zero-order valence-electron chi connectivity index (χ0n) is 7.63. The highest BCUT2D eigenvalue weighted by molar-refractivity contribution is 5.90. The van der Waals surface area contributed by atoms with Crippen LogP contribution in [-0.4, -0.2) is 17.6 Å². The lowest BCUT2D eigenvalue weighted by Crippen LogP contribution is -2.05. The lowest BCUT2D eigenvalue weighted by Gasteiger charge is -2.02. The van der Waals surface area contributed by atoms with Gasteiger partial charge in [0.05, 0.1) is 12.7 Å². The summed E-state index contributed by atoms with van der Waals surface area (Å²) < 4.78 is 6.58. The fraction of sp³-hybridized carbons (Fsp3) is 0.444. The Labute approximate surface area is 72.0 Å². The number of carbonyl (C=O) groups excluding carboxylic acids is 1. The average Bonchev–Trinajstić information content (AvgIpc) is 2.45. The van der Waals surface area contributed by atoms with Gasteiger partial charge in [0.15, 0.2) is 0 Å². The molecule has 0 aromatic carbocycles. The molecule has 0 bridgehead atoms. The van der Waals surface area contributed by atoms with Gasteiger partial charge in [0.1, 0.15) is 0 Å². The molecule has 0 saturated heterocycles. The predicted octanol–water partition coefficient (Wildman–Crippen LogP) is 1.37. The number of rotatable bonds is 2. The lowest BCUT2D eigenvalue weighted by atomic mass is 10.2. The average molecular weight is 167 g/mol. The quantitative estimate of drug-likeness (QED) is 0.623. The minimum absolute atomic E-state index is 0.257. The van der Waals surface area contributed by atoms with Crippen molar-refractivity contribution in [2.75, 3.05) is 7.11 Å². The van der Waals surface area contributed by atoms with Gasteiger partial charge in [-0.15, -0.1) is 0 Å². The molecular formula is C9H13NO2. The monoisotopic (exact) mass is 167 g/mol. The molecule has 66 valence electrons. The SMILES string of the molecule is CCc1c(C(=O)OC)ccn1C. The van der Waals surface area contributed by atoms with Crippen LogP contribution in [0, 0.1) is 0 Å². The molecule has 0 fully saturated rings. The van der Waals surface area contributed by atoms with Gasteiger partial charge in [-0.2, -0.15) is 0 Å². The fourth-order valence-electron chi connectivity index (χ4n) is 1.30. The summed E-state index contributed by atoms with van der Waals surface area (Å²) in [6, 6.07) is 1.78. The minimum Gasteiger partial charge on any atom is -0.465 e. The number of nitrogens with zero attached hydrogens (tertiary/aromatic N) is 1. The van der Waals surface area contributed by atoms with E-state index in [9.17, 15) is 4.79 Å². The number of hydrogen-bond donors (Lipinski definition) is 0. The molecule has 0 unspecified atom stereocenters. The van der Waals surface area contributed by atoms with E-state index in [2.05, 4.69) is 4.74 Å². The minimum atomic E-state index is -0.257. The van der Waals surface area contributed by atoms with E-state index in [-0.39, 0.29) is 5.97 Å². The Morgan fingerprint density at radius 2 is 2.33 bits per heavy atom. The van der Waals surface area contributed by atoms with E-state index < -0.39 is 0 Å². The van der Waals surface area contributed by atoms with Gasteiger partial charge in [-0.05, 0) is 12.5 Å². The molecule has 0 atom stereocenters. The van der Waals surface area contributed by atoms with Crippen LogP contribution in [0.1, 0.15) is 23.0 Å². The molecule has 1 aromatic rings. The van der Waals surface area contributed by atoms with Crippen molar-refractivity contribution >= 4 is 5.97 Å². The Bertz CT molecular complexity index is 289. The first-order valence-electron chi connectivity index (χ1n) is 3.93. The molecule has 1 aromatic heterocycles. The van der Waals surface area contributed by atoms with Crippen LogP contribution in [-0.2, 0) is 18.2 Å². The normalized spacial score (nSPS) is 9.92. The molecule has 3 heteroatoms. The molecular weight excluding hydrogens is 154 g/mol. The highest BCUT2D eigenvalue weighted by atomic mass is 16.5. The maximum atomic E-state index is 11.2. The number of aryl methyl sites for hydroxylation is 1. The highest BCUT2D eigenvalue weighted by Gasteiger charge is 2.12. The number of hydrogen-bond acceptors (Lipinski definition) is 2. The first-order valence-corrected chi connectivity index (χ1v) is 3.93. The van der Waals surface area contributed by atoms with E-state index in [1.165, 1.54) is 7.11 Å². The molecule has 0 aliphatic heterocycles. The molecule has 0 aliphatic carbocycles. The Kier molecular flexibility index (Phi) is 2.53. The third kappa shape index (κ3) is 1.35. The van der Waals surface area contributed by atoms with Crippen molar-refractivity contribution in [3.05, 3.63) is 23.5 Å². The number of esters is 1. The maximum absolute atomic E-state index is 11.2. The molecule has 0 radical (unpaired) electrons. The molecule has 0 amide bonds. The van der Waals surface area contributed by atoms with E-state index in [0.29, 0.717) is 5.56 Å². The van der Waals surface area contributed by atoms with Crippen LogP contribution in [0.2, 0.25) is 0 Å². The van der Waals surface area contributed by atoms with Crippen LogP contribution in [0.3, 0.4) is 0 Å². The summed E-state index contributed by atoms with van der Waals surface area (Å²) in [6.07, 6.45) is 2.71. The summed E-state index contributed by atoms with van der Waals surface area (Å²) in [5.74, 6) is -0.257.